The second-order valence-electron chi connectivity index (χ2n) is 5.60. The smallest absolute Gasteiger partial charge is 0.320 e. The van der Waals surface area contributed by atoms with E-state index in [0.29, 0.717) is 6.42 Å². The number of carbonyl (C=O) groups excluding carboxylic acids is 1. The van der Waals surface area contributed by atoms with Gasteiger partial charge in [0.2, 0.25) is 5.91 Å². The van der Waals surface area contributed by atoms with Crippen LogP contribution < -0.4 is 11.1 Å². The largest absolute Gasteiger partial charge is 0.480 e. The first kappa shape index (κ1) is 19.6. The van der Waals surface area contributed by atoms with Gasteiger partial charge in [-0.1, -0.05) is 47.3 Å². The van der Waals surface area contributed by atoms with Gasteiger partial charge >= 0.3 is 5.97 Å². The molecular formula is C17H25BrN2O3. The Kier molecular flexibility index (Phi) is 9.55. The zero-order valence-corrected chi connectivity index (χ0v) is 14.8. The molecule has 1 unspecified atom stereocenters. The average Bonchev–Trinajstić information content (AvgIpc) is 2.52. The summed E-state index contributed by atoms with van der Waals surface area (Å²) < 4.78 is 0. The van der Waals surface area contributed by atoms with Crippen LogP contribution in [0.1, 0.15) is 44.1 Å². The summed E-state index contributed by atoms with van der Waals surface area (Å²) in [6.07, 6.45) is 6.33. The summed E-state index contributed by atoms with van der Waals surface area (Å²) >= 11 is 3.40. The summed E-state index contributed by atoms with van der Waals surface area (Å²) in [6.45, 7) is 0. The number of hydrogen-bond donors (Lipinski definition) is 3. The van der Waals surface area contributed by atoms with Crippen LogP contribution in [-0.4, -0.2) is 28.4 Å². The molecule has 0 bridgehead atoms. The Morgan fingerprint density at radius 3 is 2.30 bits per heavy atom. The number of unbranched alkanes of at least 4 members (excludes halogenated alkanes) is 4. The first-order valence-electron chi connectivity index (χ1n) is 7.96. The van der Waals surface area contributed by atoms with E-state index in [0.717, 1.165) is 35.8 Å². The molecule has 5 nitrogen and oxygen atoms in total. The minimum Gasteiger partial charge on any atom is -0.480 e. The fourth-order valence-corrected chi connectivity index (χ4v) is 2.60. The molecule has 0 saturated carbocycles. The van der Waals surface area contributed by atoms with Crippen molar-refractivity contribution in [1.82, 2.24) is 0 Å². The van der Waals surface area contributed by atoms with Crippen LogP contribution in [0.25, 0.3) is 0 Å². The number of hydrogen-bond acceptors (Lipinski definition) is 3. The number of nitrogens with two attached hydrogens (primary N) is 1. The average molecular weight is 385 g/mol. The monoisotopic (exact) mass is 384 g/mol. The Balaban J connectivity index is 2.28. The number of carbonyl (C=O) groups is 2. The van der Waals surface area contributed by atoms with Gasteiger partial charge in [0.05, 0.1) is 0 Å². The van der Waals surface area contributed by atoms with Crippen molar-refractivity contribution in [2.75, 3.05) is 10.6 Å². The SMILES string of the molecule is NC(Cc1ccc(NC(=O)CCCCCCCBr)cc1)C(=O)O. The quantitative estimate of drug-likeness (QED) is 0.403. The molecule has 1 atom stereocenters. The van der Waals surface area contributed by atoms with E-state index in [1.165, 1.54) is 12.8 Å². The van der Waals surface area contributed by atoms with Crippen LogP contribution in [0, 0.1) is 0 Å². The van der Waals surface area contributed by atoms with Gasteiger partial charge in [-0.3, -0.25) is 9.59 Å². The third kappa shape index (κ3) is 8.71. The molecule has 0 radical (unpaired) electrons. The number of aliphatic carboxylic acids is 1. The molecule has 6 heteroatoms. The van der Waals surface area contributed by atoms with Crippen LogP contribution in [0.4, 0.5) is 5.69 Å². The normalized spacial score (nSPS) is 11.9. The number of carboxylic acid groups (broad SMARTS) is 1. The Morgan fingerprint density at radius 2 is 1.70 bits per heavy atom. The van der Waals surface area contributed by atoms with Gasteiger partial charge in [0, 0.05) is 17.4 Å². The molecule has 0 saturated heterocycles. The molecule has 1 aromatic carbocycles. The first-order chi connectivity index (χ1) is 11.0. The van der Waals surface area contributed by atoms with E-state index >= 15 is 0 Å². The van der Waals surface area contributed by atoms with Gasteiger partial charge in [-0.05, 0) is 37.0 Å². The van der Waals surface area contributed by atoms with E-state index in [1.807, 2.05) is 0 Å². The zero-order valence-electron chi connectivity index (χ0n) is 13.3. The van der Waals surface area contributed by atoms with E-state index < -0.39 is 12.0 Å². The van der Waals surface area contributed by atoms with Crippen molar-refractivity contribution in [2.45, 2.75) is 51.0 Å². The Bertz CT molecular complexity index is 491. The summed E-state index contributed by atoms with van der Waals surface area (Å²) in [5, 5.41) is 12.7. The lowest BCUT2D eigenvalue weighted by Gasteiger charge is -2.08. The molecule has 23 heavy (non-hydrogen) atoms. The number of benzene rings is 1. The molecule has 0 fully saturated rings. The standard InChI is InChI=1S/C17H25BrN2O3/c18-11-5-3-1-2-4-6-16(21)20-14-9-7-13(8-10-14)12-15(19)17(22)23/h7-10,15H,1-6,11-12,19H2,(H,20,21)(H,22,23). The van der Waals surface area contributed by atoms with Gasteiger partial charge < -0.3 is 16.2 Å². The highest BCUT2D eigenvalue weighted by molar-refractivity contribution is 9.09. The predicted octanol–water partition coefficient (Wildman–Crippen LogP) is 3.32. The van der Waals surface area contributed by atoms with E-state index in [2.05, 4.69) is 21.2 Å². The maximum atomic E-state index is 11.8. The van der Waals surface area contributed by atoms with Crippen molar-refractivity contribution < 1.29 is 14.7 Å². The Labute approximate surface area is 145 Å². The van der Waals surface area contributed by atoms with E-state index in [-0.39, 0.29) is 12.3 Å². The highest BCUT2D eigenvalue weighted by atomic mass is 79.9. The number of nitrogens with one attached hydrogen (secondary N) is 1. The fraction of sp³-hybridized carbons (Fsp3) is 0.529. The molecule has 128 valence electrons. The van der Waals surface area contributed by atoms with Crippen LogP contribution in [0.2, 0.25) is 0 Å². The topological polar surface area (TPSA) is 92.4 Å². The van der Waals surface area contributed by atoms with Crippen molar-refractivity contribution in [2.24, 2.45) is 5.73 Å². The highest BCUT2D eigenvalue weighted by Crippen LogP contribution is 2.12. The first-order valence-corrected chi connectivity index (χ1v) is 9.08. The second-order valence-corrected chi connectivity index (χ2v) is 6.39. The Morgan fingerprint density at radius 1 is 1.09 bits per heavy atom. The number of anilines is 1. The lowest BCUT2D eigenvalue weighted by molar-refractivity contribution is -0.138. The lowest BCUT2D eigenvalue weighted by atomic mass is 10.1. The molecule has 0 aliphatic carbocycles. The molecular weight excluding hydrogens is 360 g/mol. The maximum absolute atomic E-state index is 11.8. The van der Waals surface area contributed by atoms with Crippen LogP contribution in [0.3, 0.4) is 0 Å². The molecule has 1 aromatic rings. The van der Waals surface area contributed by atoms with E-state index in [1.54, 1.807) is 24.3 Å². The fourth-order valence-electron chi connectivity index (χ4n) is 2.20. The van der Waals surface area contributed by atoms with Crippen LogP contribution >= 0.6 is 15.9 Å². The summed E-state index contributed by atoms with van der Waals surface area (Å²) in [4.78, 5) is 22.6. The third-order valence-corrected chi connectivity index (χ3v) is 4.11. The van der Waals surface area contributed by atoms with Crippen LogP contribution in [0.5, 0.6) is 0 Å². The maximum Gasteiger partial charge on any atom is 0.320 e. The molecule has 1 amide bonds. The van der Waals surface area contributed by atoms with Gasteiger partial charge in [-0.15, -0.1) is 0 Å². The van der Waals surface area contributed by atoms with E-state index in [4.69, 9.17) is 10.8 Å². The molecule has 1 rings (SSSR count). The number of carboxylic acids is 1. The van der Waals surface area contributed by atoms with Crippen molar-refractivity contribution in [1.29, 1.82) is 0 Å². The van der Waals surface area contributed by atoms with E-state index in [9.17, 15) is 9.59 Å². The molecule has 0 aliphatic rings. The minimum atomic E-state index is -1.02. The van der Waals surface area contributed by atoms with Gasteiger partial charge in [0.25, 0.3) is 0 Å². The summed E-state index contributed by atoms with van der Waals surface area (Å²) in [7, 11) is 0. The van der Waals surface area contributed by atoms with Crippen LogP contribution in [-0.2, 0) is 16.0 Å². The zero-order chi connectivity index (χ0) is 17.1. The van der Waals surface area contributed by atoms with Crippen molar-refractivity contribution >= 4 is 33.5 Å². The summed E-state index contributed by atoms with van der Waals surface area (Å²) in [5.74, 6) is -1.00. The number of halogens is 1. The van der Waals surface area contributed by atoms with Crippen molar-refractivity contribution in [3.63, 3.8) is 0 Å². The van der Waals surface area contributed by atoms with Gasteiger partial charge in [0.1, 0.15) is 6.04 Å². The molecule has 0 aliphatic heterocycles. The number of alkyl halides is 1. The van der Waals surface area contributed by atoms with Gasteiger partial charge in [0.15, 0.2) is 0 Å². The third-order valence-electron chi connectivity index (χ3n) is 3.55. The number of rotatable bonds is 11. The lowest BCUT2D eigenvalue weighted by Crippen LogP contribution is -2.32. The Hall–Kier alpha value is -1.40. The highest BCUT2D eigenvalue weighted by Gasteiger charge is 2.12. The van der Waals surface area contributed by atoms with Crippen LogP contribution in [0.15, 0.2) is 24.3 Å². The molecule has 0 spiro atoms. The van der Waals surface area contributed by atoms with Crippen molar-refractivity contribution in [3.8, 4) is 0 Å². The van der Waals surface area contributed by atoms with Crippen molar-refractivity contribution in [3.05, 3.63) is 29.8 Å². The van der Waals surface area contributed by atoms with Gasteiger partial charge in [-0.25, -0.2) is 0 Å². The van der Waals surface area contributed by atoms with Gasteiger partial charge in [-0.2, -0.15) is 0 Å². The molecule has 0 aromatic heterocycles. The minimum absolute atomic E-state index is 0.0143. The summed E-state index contributed by atoms with van der Waals surface area (Å²) in [6, 6.07) is 6.23. The predicted molar refractivity (Wildman–Crippen MR) is 95.9 cm³/mol. The molecule has 4 N–H and O–H groups in total. The molecule has 0 heterocycles. The second kappa shape index (κ2) is 11.2. The number of amides is 1. The summed E-state index contributed by atoms with van der Waals surface area (Å²) in [5.41, 5.74) is 7.06.